The first kappa shape index (κ1) is 17.1. The van der Waals surface area contributed by atoms with Crippen LogP contribution < -0.4 is 4.74 Å². The number of aryl methyl sites for hydroxylation is 1. The third kappa shape index (κ3) is 4.63. The predicted molar refractivity (Wildman–Crippen MR) is 95.7 cm³/mol. The highest BCUT2D eigenvalue weighted by atomic mass is 16.5. The number of hydrogen-bond donors (Lipinski definition) is 0. The van der Waals surface area contributed by atoms with Crippen molar-refractivity contribution < 1.29 is 4.74 Å². The Morgan fingerprint density at radius 1 is 1.09 bits per heavy atom. The summed E-state index contributed by atoms with van der Waals surface area (Å²) in [6, 6.07) is 6.86. The first-order chi connectivity index (χ1) is 10.8. The first-order valence-corrected chi connectivity index (χ1v) is 9.11. The van der Waals surface area contributed by atoms with E-state index in [4.69, 9.17) is 4.74 Å². The van der Waals surface area contributed by atoms with E-state index in [1.807, 2.05) is 0 Å². The molecule has 1 saturated carbocycles. The second-order valence-electron chi connectivity index (χ2n) is 6.65. The maximum absolute atomic E-state index is 5.50. The van der Waals surface area contributed by atoms with Crippen LogP contribution >= 0.6 is 0 Å². The van der Waals surface area contributed by atoms with Crippen molar-refractivity contribution in [2.45, 2.75) is 71.1 Å². The minimum atomic E-state index is 0.748. The minimum absolute atomic E-state index is 0.748. The van der Waals surface area contributed by atoms with E-state index >= 15 is 0 Å². The van der Waals surface area contributed by atoms with E-state index in [0.29, 0.717) is 0 Å². The number of rotatable bonds is 7. The third-order valence-electron chi connectivity index (χ3n) is 4.93. The third-order valence-corrected chi connectivity index (χ3v) is 4.93. The van der Waals surface area contributed by atoms with Crippen LogP contribution in [0.15, 0.2) is 30.4 Å². The highest BCUT2D eigenvalue weighted by molar-refractivity contribution is 5.39. The molecule has 1 nitrogen and oxygen atoms in total. The molecule has 0 atom stereocenters. The average Bonchev–Trinajstić information content (AvgIpc) is 2.56. The summed E-state index contributed by atoms with van der Waals surface area (Å²) in [5, 5.41) is 0. The molecule has 1 aliphatic carbocycles. The molecule has 22 heavy (non-hydrogen) atoms. The molecule has 0 bridgehead atoms. The van der Waals surface area contributed by atoms with Crippen molar-refractivity contribution >= 4 is 0 Å². The van der Waals surface area contributed by atoms with Gasteiger partial charge in [0.1, 0.15) is 5.75 Å². The van der Waals surface area contributed by atoms with Crippen molar-refractivity contribution in [2.24, 2.45) is 5.92 Å². The van der Waals surface area contributed by atoms with Crippen LogP contribution in [0.3, 0.4) is 0 Å². The second-order valence-corrected chi connectivity index (χ2v) is 6.65. The van der Waals surface area contributed by atoms with Gasteiger partial charge in [-0.25, -0.2) is 0 Å². The Morgan fingerprint density at radius 2 is 1.86 bits per heavy atom. The lowest BCUT2D eigenvalue weighted by molar-refractivity contribution is 0.374. The van der Waals surface area contributed by atoms with Gasteiger partial charge in [0.25, 0.3) is 0 Å². The molecule has 1 aliphatic rings. The van der Waals surface area contributed by atoms with Crippen LogP contribution in [0.4, 0.5) is 0 Å². The van der Waals surface area contributed by atoms with E-state index in [1.165, 1.54) is 56.1 Å². The summed E-state index contributed by atoms with van der Waals surface area (Å²) in [5.41, 5.74) is 2.91. The summed E-state index contributed by atoms with van der Waals surface area (Å²) in [6.07, 6.45) is 15.0. The quantitative estimate of drug-likeness (QED) is 0.539. The van der Waals surface area contributed by atoms with Crippen LogP contribution in [-0.2, 0) is 6.42 Å². The molecule has 0 saturated heterocycles. The minimum Gasteiger partial charge on any atom is -0.496 e. The number of methoxy groups -OCH3 is 1. The Balaban J connectivity index is 1.97. The summed E-state index contributed by atoms with van der Waals surface area (Å²) in [4.78, 5) is 0. The zero-order valence-electron chi connectivity index (χ0n) is 14.6. The van der Waals surface area contributed by atoms with Crippen molar-refractivity contribution in [3.8, 4) is 5.75 Å². The topological polar surface area (TPSA) is 9.23 Å². The largest absolute Gasteiger partial charge is 0.496 e. The van der Waals surface area contributed by atoms with Gasteiger partial charge < -0.3 is 4.74 Å². The molecule has 0 aliphatic heterocycles. The number of ether oxygens (including phenoxy) is 1. The molecule has 0 unspecified atom stereocenters. The summed E-state index contributed by atoms with van der Waals surface area (Å²) in [5.74, 6) is 2.62. The molecule has 0 amide bonds. The molecule has 1 heteroatoms. The monoisotopic (exact) mass is 300 g/mol. The Kier molecular flexibility index (Phi) is 7.02. The Labute approximate surface area is 136 Å². The van der Waals surface area contributed by atoms with Crippen molar-refractivity contribution in [1.82, 2.24) is 0 Å². The SMILES string of the molecule is CCCC=C[C@H]1CC[C@H](c2ccc(OC)c(CCC)c2)CC1. The van der Waals surface area contributed by atoms with Crippen LogP contribution in [0.1, 0.15) is 75.8 Å². The summed E-state index contributed by atoms with van der Waals surface area (Å²) in [6.45, 7) is 4.48. The molecule has 0 N–H and O–H groups in total. The predicted octanol–water partition coefficient (Wildman–Crippen LogP) is 6.28. The average molecular weight is 300 g/mol. The molecule has 0 heterocycles. The number of allylic oxidation sites excluding steroid dienone is 2. The molecule has 1 aromatic rings. The number of unbranched alkanes of at least 4 members (excludes halogenated alkanes) is 1. The molecular weight excluding hydrogens is 268 g/mol. The van der Waals surface area contributed by atoms with Gasteiger partial charge in [-0.15, -0.1) is 0 Å². The highest BCUT2D eigenvalue weighted by Crippen LogP contribution is 2.37. The van der Waals surface area contributed by atoms with Gasteiger partial charge in [0, 0.05) is 0 Å². The van der Waals surface area contributed by atoms with Gasteiger partial charge in [-0.1, -0.05) is 51.0 Å². The van der Waals surface area contributed by atoms with Gasteiger partial charge in [0.15, 0.2) is 0 Å². The van der Waals surface area contributed by atoms with Gasteiger partial charge in [0.05, 0.1) is 7.11 Å². The Hall–Kier alpha value is -1.24. The standard InChI is InChI=1S/C21H32O/c1-4-6-7-9-17-10-12-18(13-11-17)19-14-15-21(22-3)20(16-19)8-5-2/h7,9,14-18H,4-6,8,10-13H2,1-3H3/t17-,18-. The molecular formula is C21H32O. The smallest absolute Gasteiger partial charge is 0.122 e. The summed E-state index contributed by atoms with van der Waals surface area (Å²) < 4.78 is 5.50. The van der Waals surface area contributed by atoms with Crippen LogP contribution in [0.5, 0.6) is 5.75 Å². The molecule has 0 aromatic heterocycles. The van der Waals surface area contributed by atoms with Crippen molar-refractivity contribution in [3.05, 3.63) is 41.5 Å². The molecule has 0 spiro atoms. The van der Waals surface area contributed by atoms with Crippen LogP contribution in [0.2, 0.25) is 0 Å². The Morgan fingerprint density at radius 3 is 2.50 bits per heavy atom. The van der Waals surface area contributed by atoms with E-state index in [9.17, 15) is 0 Å². The van der Waals surface area contributed by atoms with E-state index < -0.39 is 0 Å². The fourth-order valence-electron chi connectivity index (χ4n) is 3.62. The maximum atomic E-state index is 5.50. The molecule has 2 rings (SSSR count). The normalized spacial score (nSPS) is 22.1. The van der Waals surface area contributed by atoms with Crippen molar-refractivity contribution in [3.63, 3.8) is 0 Å². The fraction of sp³-hybridized carbons (Fsp3) is 0.619. The zero-order valence-corrected chi connectivity index (χ0v) is 14.6. The van der Waals surface area contributed by atoms with Crippen molar-refractivity contribution in [1.29, 1.82) is 0 Å². The van der Waals surface area contributed by atoms with E-state index in [-0.39, 0.29) is 0 Å². The molecule has 122 valence electrons. The van der Waals surface area contributed by atoms with Gasteiger partial charge in [-0.3, -0.25) is 0 Å². The molecule has 1 fully saturated rings. The summed E-state index contributed by atoms with van der Waals surface area (Å²) >= 11 is 0. The Bertz CT molecular complexity index is 467. The second kappa shape index (κ2) is 9.02. The fourth-order valence-corrected chi connectivity index (χ4v) is 3.62. The number of benzene rings is 1. The van der Waals surface area contributed by atoms with Gasteiger partial charge in [-0.05, 0) is 67.6 Å². The number of hydrogen-bond acceptors (Lipinski definition) is 1. The lowest BCUT2D eigenvalue weighted by Crippen LogP contribution is -2.12. The van der Waals surface area contributed by atoms with Gasteiger partial charge in [-0.2, -0.15) is 0 Å². The lowest BCUT2D eigenvalue weighted by atomic mass is 9.78. The van der Waals surface area contributed by atoms with E-state index in [2.05, 4.69) is 44.2 Å². The van der Waals surface area contributed by atoms with Crippen LogP contribution in [0.25, 0.3) is 0 Å². The van der Waals surface area contributed by atoms with Crippen molar-refractivity contribution in [2.75, 3.05) is 7.11 Å². The highest BCUT2D eigenvalue weighted by Gasteiger charge is 2.21. The van der Waals surface area contributed by atoms with E-state index in [0.717, 1.165) is 24.0 Å². The summed E-state index contributed by atoms with van der Waals surface area (Å²) in [7, 11) is 1.78. The first-order valence-electron chi connectivity index (χ1n) is 9.11. The molecule has 0 radical (unpaired) electrons. The van der Waals surface area contributed by atoms with Crippen LogP contribution in [0, 0.1) is 5.92 Å². The van der Waals surface area contributed by atoms with Gasteiger partial charge >= 0.3 is 0 Å². The van der Waals surface area contributed by atoms with E-state index in [1.54, 1.807) is 7.11 Å². The van der Waals surface area contributed by atoms with Crippen LogP contribution in [-0.4, -0.2) is 7.11 Å². The maximum Gasteiger partial charge on any atom is 0.122 e. The molecule has 1 aromatic carbocycles. The van der Waals surface area contributed by atoms with Gasteiger partial charge in [0.2, 0.25) is 0 Å². The lowest BCUT2D eigenvalue weighted by Gasteiger charge is -2.27. The zero-order chi connectivity index (χ0) is 15.8.